The van der Waals surface area contributed by atoms with E-state index in [9.17, 15) is 22.8 Å². The third kappa shape index (κ3) is 3.95. The maximum Gasteiger partial charge on any atom is 0.418 e. The summed E-state index contributed by atoms with van der Waals surface area (Å²) in [6, 6.07) is 5.11. The number of alkyl halides is 3. The van der Waals surface area contributed by atoms with Crippen molar-refractivity contribution in [1.29, 1.82) is 0 Å². The highest BCUT2D eigenvalue weighted by Gasteiger charge is 2.35. The Kier molecular flexibility index (Phi) is 4.71. The zero-order chi connectivity index (χ0) is 18.0. The van der Waals surface area contributed by atoms with Crippen LogP contribution < -0.4 is 5.32 Å². The Bertz CT molecular complexity index is 793. The lowest BCUT2D eigenvalue weighted by molar-refractivity contribution is -0.137. The first-order chi connectivity index (χ1) is 11.8. The van der Waals surface area contributed by atoms with E-state index in [0.717, 1.165) is 6.07 Å². The molecule has 0 aliphatic carbocycles. The van der Waals surface area contributed by atoms with E-state index >= 15 is 0 Å². The van der Waals surface area contributed by atoms with Crippen LogP contribution in [-0.4, -0.2) is 44.7 Å². The van der Waals surface area contributed by atoms with Crippen molar-refractivity contribution in [3.8, 4) is 5.69 Å². The molecule has 6 nitrogen and oxygen atoms in total. The molecule has 0 atom stereocenters. The van der Waals surface area contributed by atoms with Crippen LogP contribution in [0.5, 0.6) is 0 Å². The third-order valence-electron chi connectivity index (χ3n) is 3.51. The molecule has 1 aromatic carbocycles. The van der Waals surface area contributed by atoms with Gasteiger partial charge in [0.1, 0.15) is 6.54 Å². The zero-order valence-electron chi connectivity index (χ0n) is 12.8. The Morgan fingerprint density at radius 2 is 2.16 bits per heavy atom. The number of carbonyl (C=O) groups is 2. The molecule has 132 valence electrons. The summed E-state index contributed by atoms with van der Waals surface area (Å²) in [5.74, 6) is -0.241. The molecule has 1 aromatic heterocycles. The van der Waals surface area contributed by atoms with Crippen molar-refractivity contribution in [3.63, 3.8) is 0 Å². The average molecular weight is 370 g/mol. The van der Waals surface area contributed by atoms with Gasteiger partial charge in [0.05, 0.1) is 28.6 Å². The van der Waals surface area contributed by atoms with Gasteiger partial charge < -0.3 is 10.2 Å². The van der Waals surface area contributed by atoms with Crippen LogP contribution in [0.4, 0.5) is 18.9 Å². The van der Waals surface area contributed by atoms with E-state index in [-0.39, 0.29) is 29.6 Å². The minimum Gasteiger partial charge on any atom is -0.324 e. The SMILES string of the molecule is O=C(CN1CSCC1=O)Nc1ccc(-n2cccn2)cc1C(F)(F)F. The van der Waals surface area contributed by atoms with Gasteiger partial charge in [0, 0.05) is 12.4 Å². The number of anilines is 1. The summed E-state index contributed by atoms with van der Waals surface area (Å²) in [6.07, 6.45) is -1.68. The van der Waals surface area contributed by atoms with Crippen molar-refractivity contribution in [2.24, 2.45) is 0 Å². The van der Waals surface area contributed by atoms with E-state index in [2.05, 4.69) is 10.4 Å². The van der Waals surface area contributed by atoms with Crippen molar-refractivity contribution in [1.82, 2.24) is 14.7 Å². The summed E-state index contributed by atoms with van der Waals surface area (Å²) < 4.78 is 41.3. The predicted octanol–water partition coefficient (Wildman–Crippen LogP) is 2.36. The third-order valence-corrected chi connectivity index (χ3v) is 4.46. The highest BCUT2D eigenvalue weighted by atomic mass is 32.2. The fourth-order valence-electron chi connectivity index (χ4n) is 2.34. The molecule has 2 aromatic rings. The number of nitrogens with one attached hydrogen (secondary N) is 1. The van der Waals surface area contributed by atoms with Gasteiger partial charge in [-0.15, -0.1) is 11.8 Å². The van der Waals surface area contributed by atoms with Crippen LogP contribution in [0, 0.1) is 0 Å². The molecule has 2 amide bonds. The van der Waals surface area contributed by atoms with Crippen LogP contribution >= 0.6 is 11.8 Å². The quantitative estimate of drug-likeness (QED) is 0.897. The van der Waals surface area contributed by atoms with Crippen LogP contribution in [0.3, 0.4) is 0 Å². The van der Waals surface area contributed by atoms with Crippen LogP contribution in [-0.2, 0) is 15.8 Å². The van der Waals surface area contributed by atoms with Crippen LogP contribution in [0.2, 0.25) is 0 Å². The highest BCUT2D eigenvalue weighted by Crippen LogP contribution is 2.36. The number of nitrogens with zero attached hydrogens (tertiary/aromatic N) is 3. The maximum absolute atomic E-state index is 13.3. The summed E-state index contributed by atoms with van der Waals surface area (Å²) in [5, 5.41) is 6.14. The molecule has 1 saturated heterocycles. The summed E-state index contributed by atoms with van der Waals surface area (Å²) in [4.78, 5) is 24.8. The van der Waals surface area contributed by atoms with Gasteiger partial charge in [-0.2, -0.15) is 18.3 Å². The normalized spacial score (nSPS) is 14.8. The van der Waals surface area contributed by atoms with Crippen LogP contribution in [0.25, 0.3) is 5.69 Å². The number of thioether (sulfide) groups is 1. The highest BCUT2D eigenvalue weighted by molar-refractivity contribution is 8.00. The standard InChI is InChI=1S/C15H13F3N4O2S/c16-15(17,18)11-6-10(22-5-1-4-19-22)2-3-12(11)20-13(23)7-21-9-25-8-14(21)24/h1-6H,7-9H2,(H,20,23). The topological polar surface area (TPSA) is 67.2 Å². The zero-order valence-corrected chi connectivity index (χ0v) is 13.6. The summed E-state index contributed by atoms with van der Waals surface area (Å²) in [6.45, 7) is -0.274. The number of rotatable bonds is 4. The minimum atomic E-state index is -4.65. The second-order valence-electron chi connectivity index (χ2n) is 5.30. The summed E-state index contributed by atoms with van der Waals surface area (Å²) in [5.41, 5.74) is -1.11. The summed E-state index contributed by atoms with van der Waals surface area (Å²) >= 11 is 1.35. The molecule has 2 heterocycles. The number of hydrogen-bond acceptors (Lipinski definition) is 4. The van der Waals surface area contributed by atoms with E-state index in [1.165, 1.54) is 45.9 Å². The molecule has 1 fully saturated rings. The maximum atomic E-state index is 13.3. The summed E-state index contributed by atoms with van der Waals surface area (Å²) in [7, 11) is 0. The number of carbonyl (C=O) groups excluding carboxylic acids is 2. The minimum absolute atomic E-state index is 0.203. The van der Waals surface area contributed by atoms with E-state index in [0.29, 0.717) is 5.88 Å². The fourth-order valence-corrected chi connectivity index (χ4v) is 3.25. The van der Waals surface area contributed by atoms with Gasteiger partial charge in [0.2, 0.25) is 11.8 Å². The van der Waals surface area contributed by atoms with Crippen LogP contribution in [0.15, 0.2) is 36.7 Å². The Morgan fingerprint density at radius 3 is 2.76 bits per heavy atom. The largest absolute Gasteiger partial charge is 0.418 e. The Balaban J connectivity index is 1.82. The van der Waals surface area contributed by atoms with E-state index < -0.39 is 17.6 Å². The van der Waals surface area contributed by atoms with Crippen molar-refractivity contribution < 1.29 is 22.8 Å². The molecular weight excluding hydrogens is 357 g/mol. The van der Waals surface area contributed by atoms with E-state index in [1.54, 1.807) is 6.07 Å². The lowest BCUT2D eigenvalue weighted by Gasteiger charge is -2.18. The molecule has 10 heteroatoms. The lowest BCUT2D eigenvalue weighted by Crippen LogP contribution is -2.34. The van der Waals surface area contributed by atoms with Gasteiger partial charge in [-0.05, 0) is 24.3 Å². The Labute approximate surface area is 145 Å². The molecular formula is C15H13F3N4O2S. The fraction of sp³-hybridized carbons (Fsp3) is 0.267. The molecule has 0 saturated carbocycles. The number of halogens is 3. The van der Waals surface area contributed by atoms with Crippen LogP contribution in [0.1, 0.15) is 5.56 Å². The monoisotopic (exact) mass is 370 g/mol. The number of hydrogen-bond donors (Lipinski definition) is 1. The molecule has 3 rings (SSSR count). The van der Waals surface area contributed by atoms with Gasteiger partial charge >= 0.3 is 6.18 Å². The van der Waals surface area contributed by atoms with Gasteiger partial charge in [-0.3, -0.25) is 9.59 Å². The van der Waals surface area contributed by atoms with Crippen molar-refractivity contribution in [2.45, 2.75) is 6.18 Å². The lowest BCUT2D eigenvalue weighted by atomic mass is 10.1. The second-order valence-corrected chi connectivity index (χ2v) is 6.25. The second kappa shape index (κ2) is 6.79. The van der Waals surface area contributed by atoms with Gasteiger partial charge in [0.15, 0.2) is 0 Å². The molecule has 1 N–H and O–H groups in total. The average Bonchev–Trinajstić information content (AvgIpc) is 3.19. The molecule has 25 heavy (non-hydrogen) atoms. The molecule has 0 spiro atoms. The van der Waals surface area contributed by atoms with Crippen molar-refractivity contribution in [2.75, 3.05) is 23.5 Å². The Hall–Kier alpha value is -2.49. The predicted molar refractivity (Wildman–Crippen MR) is 86.2 cm³/mol. The first-order valence-electron chi connectivity index (χ1n) is 7.21. The number of aromatic nitrogens is 2. The molecule has 0 unspecified atom stereocenters. The molecule has 0 radical (unpaired) electrons. The number of benzene rings is 1. The number of amides is 2. The smallest absolute Gasteiger partial charge is 0.324 e. The molecule has 1 aliphatic rings. The van der Waals surface area contributed by atoms with E-state index in [4.69, 9.17) is 0 Å². The van der Waals surface area contributed by atoms with Gasteiger partial charge in [-0.1, -0.05) is 0 Å². The van der Waals surface area contributed by atoms with Gasteiger partial charge in [-0.25, -0.2) is 4.68 Å². The first kappa shape index (κ1) is 17.3. The first-order valence-corrected chi connectivity index (χ1v) is 8.37. The Morgan fingerprint density at radius 1 is 1.36 bits per heavy atom. The van der Waals surface area contributed by atoms with Gasteiger partial charge in [0.25, 0.3) is 0 Å². The molecule has 0 bridgehead atoms. The van der Waals surface area contributed by atoms with Crippen molar-refractivity contribution in [3.05, 3.63) is 42.2 Å². The van der Waals surface area contributed by atoms with Crippen molar-refractivity contribution >= 4 is 29.3 Å². The van der Waals surface area contributed by atoms with E-state index in [1.807, 2.05) is 0 Å². The molecule has 1 aliphatic heterocycles.